The molecule has 1 N–H and O–H groups in total. The second-order valence-electron chi connectivity index (χ2n) is 4.43. The average molecular weight is 277 g/mol. The molecule has 0 aliphatic heterocycles. The normalized spacial score (nSPS) is 10.4. The molecule has 0 saturated heterocycles. The molecule has 0 spiro atoms. The van der Waals surface area contributed by atoms with Gasteiger partial charge in [-0.05, 0) is 6.42 Å². The number of ether oxygens (including phenoxy) is 1. The molecule has 0 aliphatic rings. The highest BCUT2D eigenvalue weighted by atomic mass is 16.5. The van der Waals surface area contributed by atoms with Crippen molar-refractivity contribution in [3.8, 4) is 11.8 Å². The molecule has 0 saturated carbocycles. The molecule has 20 heavy (non-hydrogen) atoms. The summed E-state index contributed by atoms with van der Waals surface area (Å²) in [4.78, 5) is 14.4. The maximum Gasteiger partial charge on any atom is 0.328 e. The van der Waals surface area contributed by atoms with Crippen molar-refractivity contribution in [3.63, 3.8) is 0 Å². The second kappa shape index (κ2) is 6.18. The predicted octanol–water partition coefficient (Wildman–Crippen LogP) is 1.38. The Bertz CT molecular complexity index is 567. The molecule has 0 atom stereocenters. The van der Waals surface area contributed by atoms with Gasteiger partial charge in [0, 0.05) is 27.7 Å². The summed E-state index contributed by atoms with van der Waals surface area (Å²) in [6, 6.07) is 0.240. The summed E-state index contributed by atoms with van der Waals surface area (Å²) >= 11 is 0. The smallest absolute Gasteiger partial charge is 0.328 e. The summed E-state index contributed by atoms with van der Waals surface area (Å²) in [5, 5.41) is 7.08. The maximum absolute atomic E-state index is 5.63. The zero-order valence-electron chi connectivity index (χ0n) is 12.2. The molecule has 2 aromatic heterocycles. The van der Waals surface area contributed by atoms with Crippen molar-refractivity contribution in [1.82, 2.24) is 24.7 Å². The second-order valence-corrected chi connectivity index (χ2v) is 4.43. The van der Waals surface area contributed by atoms with Crippen LogP contribution in [0.1, 0.15) is 13.3 Å². The van der Waals surface area contributed by atoms with E-state index < -0.39 is 0 Å². The molecule has 0 radical (unpaired) electrons. The Labute approximate surface area is 117 Å². The molecule has 2 aromatic rings. The highest BCUT2D eigenvalue weighted by Crippen LogP contribution is 2.19. The fraction of sp³-hybridized carbons (Fsp3) is 0.500. The van der Waals surface area contributed by atoms with Gasteiger partial charge in [-0.15, -0.1) is 0 Å². The molecular weight excluding hydrogens is 258 g/mol. The SMILES string of the molecule is CCCn1cc(Oc2nc(NC)nc(N(C)C)n2)cn1. The molecule has 0 aromatic carbocycles. The third-order valence-corrected chi connectivity index (χ3v) is 2.50. The monoisotopic (exact) mass is 277 g/mol. The third-order valence-electron chi connectivity index (χ3n) is 2.50. The lowest BCUT2D eigenvalue weighted by molar-refractivity contribution is 0.439. The van der Waals surface area contributed by atoms with Crippen LogP contribution in [-0.2, 0) is 6.54 Å². The third kappa shape index (κ3) is 3.34. The minimum Gasteiger partial charge on any atom is -0.421 e. The van der Waals surface area contributed by atoms with Crippen LogP contribution < -0.4 is 15.0 Å². The Kier molecular flexibility index (Phi) is 4.34. The number of hydrogen-bond donors (Lipinski definition) is 1. The van der Waals surface area contributed by atoms with Crippen LogP contribution in [0.25, 0.3) is 0 Å². The van der Waals surface area contributed by atoms with Crippen LogP contribution in [0.3, 0.4) is 0 Å². The van der Waals surface area contributed by atoms with Crippen LogP contribution in [-0.4, -0.2) is 45.9 Å². The van der Waals surface area contributed by atoms with E-state index in [1.54, 1.807) is 18.1 Å². The van der Waals surface area contributed by atoms with Gasteiger partial charge >= 0.3 is 6.01 Å². The largest absolute Gasteiger partial charge is 0.421 e. The Hall–Kier alpha value is -2.38. The maximum atomic E-state index is 5.63. The standard InChI is InChI=1S/C12H19N7O/c1-5-6-19-8-9(7-14-19)20-12-16-10(13-2)15-11(17-12)18(3)4/h7-8H,5-6H2,1-4H3,(H,13,15,16,17). The van der Waals surface area contributed by atoms with Gasteiger partial charge in [0.2, 0.25) is 11.9 Å². The Morgan fingerprint density at radius 2 is 2.10 bits per heavy atom. The molecule has 8 nitrogen and oxygen atoms in total. The summed E-state index contributed by atoms with van der Waals surface area (Å²) in [6.45, 7) is 2.95. The fourth-order valence-corrected chi connectivity index (χ4v) is 1.56. The highest BCUT2D eigenvalue weighted by Gasteiger charge is 2.10. The van der Waals surface area contributed by atoms with Crippen LogP contribution in [0.5, 0.6) is 11.8 Å². The first kappa shape index (κ1) is 14.0. The molecule has 0 fully saturated rings. The van der Waals surface area contributed by atoms with Gasteiger partial charge in [-0.2, -0.15) is 20.1 Å². The lowest BCUT2D eigenvalue weighted by Crippen LogP contribution is -2.15. The van der Waals surface area contributed by atoms with E-state index in [0.29, 0.717) is 17.6 Å². The number of aryl methyl sites for hydroxylation is 1. The Balaban J connectivity index is 2.20. The molecular formula is C12H19N7O. The number of rotatable bonds is 6. The molecule has 0 aliphatic carbocycles. The molecule has 108 valence electrons. The average Bonchev–Trinajstić information content (AvgIpc) is 2.86. The first-order valence-electron chi connectivity index (χ1n) is 6.44. The quantitative estimate of drug-likeness (QED) is 0.854. The summed E-state index contributed by atoms with van der Waals surface area (Å²) in [5.74, 6) is 1.59. The fourth-order valence-electron chi connectivity index (χ4n) is 1.56. The van der Waals surface area contributed by atoms with Gasteiger partial charge in [0.05, 0.1) is 12.4 Å². The van der Waals surface area contributed by atoms with E-state index in [2.05, 4.69) is 32.3 Å². The van der Waals surface area contributed by atoms with Crippen molar-refractivity contribution in [1.29, 1.82) is 0 Å². The lowest BCUT2D eigenvalue weighted by Gasteiger charge is -2.12. The molecule has 0 bridgehead atoms. The van der Waals surface area contributed by atoms with Crippen molar-refractivity contribution in [2.75, 3.05) is 31.4 Å². The van der Waals surface area contributed by atoms with Crippen LogP contribution in [0.2, 0.25) is 0 Å². The van der Waals surface area contributed by atoms with Crippen LogP contribution in [0.15, 0.2) is 12.4 Å². The van der Waals surface area contributed by atoms with Crippen molar-refractivity contribution < 1.29 is 4.74 Å². The zero-order valence-corrected chi connectivity index (χ0v) is 12.2. The minimum atomic E-state index is 0.240. The van der Waals surface area contributed by atoms with Crippen LogP contribution in [0, 0.1) is 0 Å². The molecule has 2 heterocycles. The summed E-state index contributed by atoms with van der Waals surface area (Å²) in [7, 11) is 5.47. The summed E-state index contributed by atoms with van der Waals surface area (Å²) in [6.07, 6.45) is 4.48. The van der Waals surface area contributed by atoms with E-state index in [1.165, 1.54) is 0 Å². The summed E-state index contributed by atoms with van der Waals surface area (Å²) in [5.41, 5.74) is 0. The Morgan fingerprint density at radius 1 is 1.30 bits per heavy atom. The van der Waals surface area contributed by atoms with E-state index in [4.69, 9.17) is 4.74 Å². The lowest BCUT2D eigenvalue weighted by atomic mass is 10.5. The van der Waals surface area contributed by atoms with E-state index in [9.17, 15) is 0 Å². The predicted molar refractivity (Wildman–Crippen MR) is 76.3 cm³/mol. The first-order valence-corrected chi connectivity index (χ1v) is 6.44. The van der Waals surface area contributed by atoms with Gasteiger partial charge in [-0.1, -0.05) is 6.92 Å². The number of anilines is 2. The minimum absolute atomic E-state index is 0.240. The van der Waals surface area contributed by atoms with Crippen molar-refractivity contribution in [2.24, 2.45) is 0 Å². The number of aromatic nitrogens is 5. The van der Waals surface area contributed by atoms with Gasteiger partial charge in [-0.25, -0.2) is 0 Å². The van der Waals surface area contributed by atoms with Crippen molar-refractivity contribution in [2.45, 2.75) is 19.9 Å². The van der Waals surface area contributed by atoms with Crippen molar-refractivity contribution in [3.05, 3.63) is 12.4 Å². The van der Waals surface area contributed by atoms with Crippen LogP contribution in [0.4, 0.5) is 11.9 Å². The molecule has 8 heteroatoms. The van der Waals surface area contributed by atoms with E-state index in [-0.39, 0.29) is 6.01 Å². The van der Waals surface area contributed by atoms with Gasteiger partial charge in [0.25, 0.3) is 0 Å². The first-order chi connectivity index (χ1) is 9.62. The molecule has 0 amide bonds. The van der Waals surface area contributed by atoms with Crippen LogP contribution >= 0.6 is 0 Å². The highest BCUT2D eigenvalue weighted by molar-refractivity contribution is 5.37. The van der Waals surface area contributed by atoms with Crippen molar-refractivity contribution >= 4 is 11.9 Å². The zero-order chi connectivity index (χ0) is 14.5. The van der Waals surface area contributed by atoms with E-state index in [0.717, 1.165) is 13.0 Å². The van der Waals surface area contributed by atoms with E-state index in [1.807, 2.05) is 25.0 Å². The number of hydrogen-bond acceptors (Lipinski definition) is 7. The molecule has 2 rings (SSSR count). The number of nitrogens with zero attached hydrogens (tertiary/aromatic N) is 6. The topological polar surface area (TPSA) is 81.0 Å². The number of nitrogens with one attached hydrogen (secondary N) is 1. The van der Waals surface area contributed by atoms with Gasteiger partial charge in [0.1, 0.15) is 0 Å². The molecule has 0 unspecified atom stereocenters. The summed E-state index contributed by atoms with van der Waals surface area (Å²) < 4.78 is 7.45. The van der Waals surface area contributed by atoms with Gasteiger partial charge in [0.15, 0.2) is 5.75 Å². The Morgan fingerprint density at radius 3 is 2.75 bits per heavy atom. The van der Waals surface area contributed by atoms with Gasteiger partial charge < -0.3 is 15.0 Å². The van der Waals surface area contributed by atoms with E-state index >= 15 is 0 Å². The van der Waals surface area contributed by atoms with Gasteiger partial charge in [-0.3, -0.25) is 4.68 Å².